The molecule has 10 atom stereocenters. The van der Waals surface area contributed by atoms with Gasteiger partial charge >= 0.3 is 11.9 Å². The van der Waals surface area contributed by atoms with E-state index in [9.17, 15) is 14.4 Å². The monoisotopic (exact) mass is 556 g/mol. The maximum atomic E-state index is 14.6. The molecule has 0 aliphatic heterocycles. The molecule has 5 rings (SSSR count). The van der Waals surface area contributed by atoms with Crippen molar-refractivity contribution in [1.82, 2.24) is 0 Å². The Morgan fingerprint density at radius 2 is 1.48 bits per heavy atom. The number of hydrogen-bond donors (Lipinski definition) is 0. The van der Waals surface area contributed by atoms with E-state index >= 15 is 0 Å². The maximum absolute atomic E-state index is 14.6. The summed E-state index contributed by atoms with van der Waals surface area (Å²) in [5.74, 6) is 1.24. The normalized spacial score (nSPS) is 49.7. The Morgan fingerprint density at radius 1 is 0.825 bits per heavy atom. The number of esters is 2. The quantitative estimate of drug-likeness (QED) is 0.330. The minimum Gasteiger partial charge on any atom is -0.463 e. The van der Waals surface area contributed by atoms with Gasteiger partial charge in [-0.3, -0.25) is 14.4 Å². The molecule has 0 radical (unpaired) electrons. The van der Waals surface area contributed by atoms with Crippen molar-refractivity contribution in [2.75, 3.05) is 0 Å². The van der Waals surface area contributed by atoms with Crippen LogP contribution in [0.2, 0.25) is 0 Å². The summed E-state index contributed by atoms with van der Waals surface area (Å²) in [5, 5.41) is 0. The largest absolute Gasteiger partial charge is 0.463 e. The standard InChI is InChI=1S/C35H56O5/c1-21(2)39-29(38)32(7)16-15-31(6)17-18-34(9)23(24(31)20-32)19-25(37)28-33(8)13-12-27(40-22(3)36)30(4,5)26(33)11-14-35(28,34)10/h21,23-24,26-28H,11-20H2,1-10H3/t23?,24-,26-,27-,28+,31+,32-,33-,34+,35+/m0/s1. The van der Waals surface area contributed by atoms with E-state index in [1.54, 1.807) is 0 Å². The summed E-state index contributed by atoms with van der Waals surface area (Å²) in [6, 6.07) is 0. The lowest BCUT2D eigenvalue weighted by molar-refractivity contribution is -0.245. The summed E-state index contributed by atoms with van der Waals surface area (Å²) in [4.78, 5) is 39.9. The highest BCUT2D eigenvalue weighted by atomic mass is 16.5. The SMILES string of the molecule is CC(=O)O[C@H]1CC[C@]2(C)[C@H]3C(=O)CC4[C@@H]5C[C@@](C)(C(=O)OC(C)C)CC[C@]5(C)CC[C@@]4(C)[C@]3(C)CC[C@H]2C1(C)C. The average molecular weight is 557 g/mol. The van der Waals surface area contributed by atoms with Crippen molar-refractivity contribution >= 4 is 17.7 Å². The van der Waals surface area contributed by atoms with Gasteiger partial charge in [0.05, 0.1) is 11.5 Å². The van der Waals surface area contributed by atoms with Gasteiger partial charge in [-0.15, -0.1) is 0 Å². The summed E-state index contributed by atoms with van der Waals surface area (Å²) in [7, 11) is 0. The van der Waals surface area contributed by atoms with Crippen LogP contribution in [0.25, 0.3) is 0 Å². The van der Waals surface area contributed by atoms with E-state index in [4.69, 9.17) is 9.47 Å². The van der Waals surface area contributed by atoms with Gasteiger partial charge in [0, 0.05) is 24.7 Å². The molecule has 0 bridgehead atoms. The van der Waals surface area contributed by atoms with Crippen molar-refractivity contribution < 1.29 is 23.9 Å². The van der Waals surface area contributed by atoms with Crippen molar-refractivity contribution in [3.8, 4) is 0 Å². The zero-order chi connectivity index (χ0) is 29.7. The van der Waals surface area contributed by atoms with Crippen molar-refractivity contribution in [3.05, 3.63) is 0 Å². The molecule has 5 nitrogen and oxygen atoms in total. The zero-order valence-electron chi connectivity index (χ0n) is 27.1. The minimum atomic E-state index is -0.476. The molecule has 0 saturated heterocycles. The van der Waals surface area contributed by atoms with Crippen molar-refractivity contribution in [1.29, 1.82) is 0 Å². The fourth-order valence-electron chi connectivity index (χ4n) is 11.8. The number of fused-ring (bicyclic) bond motifs is 7. The maximum Gasteiger partial charge on any atom is 0.312 e. The number of Topliss-reactive ketones (excluding diaryl/α,β-unsaturated/α-hetero) is 1. The highest BCUT2D eigenvalue weighted by Gasteiger charge is 2.72. The van der Waals surface area contributed by atoms with E-state index in [0.29, 0.717) is 30.0 Å². The van der Waals surface area contributed by atoms with Gasteiger partial charge in [0.15, 0.2) is 0 Å². The van der Waals surface area contributed by atoms with Crippen LogP contribution in [0.5, 0.6) is 0 Å². The molecule has 5 aliphatic rings. The van der Waals surface area contributed by atoms with Crippen LogP contribution in [0.1, 0.15) is 133 Å². The molecule has 5 aliphatic carbocycles. The molecule has 0 heterocycles. The van der Waals surface area contributed by atoms with Crippen LogP contribution < -0.4 is 0 Å². The Morgan fingerprint density at radius 3 is 2.10 bits per heavy atom. The third-order valence-corrected chi connectivity index (χ3v) is 14.2. The summed E-state index contributed by atoms with van der Waals surface area (Å²) in [6.45, 7) is 21.9. The number of ketones is 1. The second-order valence-electron chi connectivity index (χ2n) is 17.1. The number of hydrogen-bond acceptors (Lipinski definition) is 5. The van der Waals surface area contributed by atoms with E-state index in [0.717, 1.165) is 51.4 Å². The molecule has 1 unspecified atom stereocenters. The summed E-state index contributed by atoms with van der Waals surface area (Å²) < 4.78 is 11.6. The number of carbonyl (C=O) groups is 3. The van der Waals surface area contributed by atoms with Crippen LogP contribution in [0.3, 0.4) is 0 Å². The fourth-order valence-corrected chi connectivity index (χ4v) is 11.8. The molecular weight excluding hydrogens is 500 g/mol. The molecule has 5 fully saturated rings. The molecule has 0 amide bonds. The molecule has 40 heavy (non-hydrogen) atoms. The number of ether oxygens (including phenoxy) is 2. The predicted molar refractivity (Wildman–Crippen MR) is 156 cm³/mol. The fraction of sp³-hybridized carbons (Fsp3) is 0.914. The first-order chi connectivity index (χ1) is 18.3. The van der Waals surface area contributed by atoms with Crippen LogP contribution in [0, 0.1) is 56.2 Å². The first kappa shape index (κ1) is 30.1. The lowest BCUT2D eigenvalue weighted by Crippen LogP contribution is -2.69. The Balaban J connectivity index is 1.50. The molecule has 226 valence electrons. The highest BCUT2D eigenvalue weighted by molar-refractivity contribution is 5.85. The van der Waals surface area contributed by atoms with Gasteiger partial charge in [-0.25, -0.2) is 0 Å². The van der Waals surface area contributed by atoms with Gasteiger partial charge < -0.3 is 9.47 Å². The third-order valence-electron chi connectivity index (χ3n) is 14.2. The Hall–Kier alpha value is -1.39. The summed E-state index contributed by atoms with van der Waals surface area (Å²) in [5.41, 5.74) is -0.573. The van der Waals surface area contributed by atoms with Crippen LogP contribution in [-0.4, -0.2) is 29.9 Å². The Bertz CT molecular complexity index is 1080. The molecule has 5 heteroatoms. The van der Waals surface area contributed by atoms with Gasteiger partial charge in [0.2, 0.25) is 0 Å². The minimum absolute atomic E-state index is 0.0304. The Labute approximate surface area is 243 Å². The third kappa shape index (κ3) is 4.08. The summed E-state index contributed by atoms with van der Waals surface area (Å²) >= 11 is 0. The number of rotatable bonds is 3. The van der Waals surface area contributed by atoms with Gasteiger partial charge in [-0.2, -0.15) is 0 Å². The molecule has 0 aromatic rings. The van der Waals surface area contributed by atoms with Gasteiger partial charge in [0.25, 0.3) is 0 Å². The lowest BCUT2D eigenvalue weighted by Gasteiger charge is -2.72. The second kappa shape index (κ2) is 9.30. The lowest BCUT2D eigenvalue weighted by atomic mass is 9.31. The van der Waals surface area contributed by atoms with Crippen molar-refractivity contribution in [3.63, 3.8) is 0 Å². The first-order valence-electron chi connectivity index (χ1n) is 16.3. The molecule has 0 aromatic carbocycles. The second-order valence-corrected chi connectivity index (χ2v) is 17.1. The van der Waals surface area contributed by atoms with Crippen LogP contribution in [0.4, 0.5) is 0 Å². The van der Waals surface area contributed by atoms with Crippen LogP contribution >= 0.6 is 0 Å². The van der Waals surface area contributed by atoms with Crippen molar-refractivity contribution in [2.24, 2.45) is 56.2 Å². The molecule has 0 spiro atoms. The number of carbonyl (C=O) groups excluding carboxylic acids is 3. The van der Waals surface area contributed by atoms with E-state index in [-0.39, 0.29) is 57.1 Å². The summed E-state index contributed by atoms with van der Waals surface area (Å²) in [6.07, 6.45) is 9.42. The van der Waals surface area contributed by atoms with Gasteiger partial charge in [-0.05, 0) is 118 Å². The smallest absolute Gasteiger partial charge is 0.312 e. The first-order valence-corrected chi connectivity index (χ1v) is 16.3. The van der Waals surface area contributed by atoms with E-state index in [1.807, 2.05) is 13.8 Å². The molecule has 0 N–H and O–H groups in total. The average Bonchev–Trinajstić information content (AvgIpc) is 2.82. The van der Waals surface area contributed by atoms with E-state index in [1.165, 1.54) is 13.3 Å². The Kier molecular flexibility index (Phi) is 7.00. The molecular formula is C35H56O5. The highest BCUT2D eigenvalue weighted by Crippen LogP contribution is 2.76. The molecule has 5 saturated carbocycles. The van der Waals surface area contributed by atoms with E-state index in [2.05, 4.69) is 48.5 Å². The molecule has 0 aromatic heterocycles. The zero-order valence-corrected chi connectivity index (χ0v) is 27.1. The van der Waals surface area contributed by atoms with Crippen molar-refractivity contribution in [2.45, 2.75) is 146 Å². The van der Waals surface area contributed by atoms with Gasteiger partial charge in [0.1, 0.15) is 11.9 Å². The van der Waals surface area contributed by atoms with Crippen LogP contribution in [0.15, 0.2) is 0 Å². The topological polar surface area (TPSA) is 69.7 Å². The van der Waals surface area contributed by atoms with Gasteiger partial charge in [-0.1, -0.05) is 41.5 Å². The van der Waals surface area contributed by atoms with Crippen LogP contribution in [-0.2, 0) is 23.9 Å². The van der Waals surface area contributed by atoms with E-state index < -0.39 is 5.41 Å². The predicted octanol–water partition coefficient (Wildman–Crippen LogP) is 7.93.